The quantitative estimate of drug-likeness (QED) is 0.817. The monoisotopic (exact) mass is 391 g/mol. The van der Waals surface area contributed by atoms with E-state index in [2.05, 4.69) is 10.6 Å². The van der Waals surface area contributed by atoms with Gasteiger partial charge in [-0.1, -0.05) is 18.0 Å². The number of hydrogen-bond acceptors (Lipinski definition) is 3. The first-order chi connectivity index (χ1) is 12.6. The minimum absolute atomic E-state index is 0.196. The van der Waals surface area contributed by atoms with E-state index in [1.54, 1.807) is 37.4 Å². The highest BCUT2D eigenvalue weighted by atomic mass is 35.5. The number of benzene rings is 2. The number of carbonyl (C=O) groups is 1. The van der Waals surface area contributed by atoms with Gasteiger partial charge in [0.1, 0.15) is 11.0 Å². The highest BCUT2D eigenvalue weighted by Gasteiger charge is 2.17. The van der Waals surface area contributed by atoms with E-state index in [1.807, 2.05) is 16.4 Å². The van der Waals surface area contributed by atoms with Crippen LogP contribution in [0.25, 0.3) is 0 Å². The summed E-state index contributed by atoms with van der Waals surface area (Å²) in [6, 6.07) is 12.5. The van der Waals surface area contributed by atoms with E-state index in [1.165, 1.54) is 0 Å². The van der Waals surface area contributed by atoms with Crippen molar-refractivity contribution >= 4 is 45.6 Å². The Morgan fingerprint density at radius 3 is 2.62 bits per heavy atom. The number of rotatable bonds is 4. The molecule has 5 nitrogen and oxygen atoms in total. The van der Waals surface area contributed by atoms with Crippen molar-refractivity contribution in [3.8, 4) is 0 Å². The number of carbonyl (C=O) groups excluding carboxylic acids is 1. The fourth-order valence-corrected chi connectivity index (χ4v) is 4.47. The normalized spacial score (nSPS) is 17.5. The van der Waals surface area contributed by atoms with Crippen molar-refractivity contribution in [3.05, 3.63) is 53.1 Å². The van der Waals surface area contributed by atoms with Crippen LogP contribution in [0.3, 0.4) is 0 Å². The van der Waals surface area contributed by atoms with Gasteiger partial charge in [0, 0.05) is 36.3 Å². The molecule has 1 fully saturated rings. The summed E-state index contributed by atoms with van der Waals surface area (Å²) >= 11 is 6.06. The smallest absolute Gasteiger partial charge is 0.255 e. The third kappa shape index (κ3) is 4.37. The largest absolute Gasteiger partial charge is 0.387 e. The van der Waals surface area contributed by atoms with Gasteiger partial charge < -0.3 is 10.6 Å². The van der Waals surface area contributed by atoms with Crippen molar-refractivity contribution in [2.45, 2.75) is 19.3 Å². The number of halogens is 1. The van der Waals surface area contributed by atoms with Crippen LogP contribution in [-0.4, -0.2) is 29.5 Å². The van der Waals surface area contributed by atoms with E-state index < -0.39 is 11.0 Å². The molecule has 1 atom stereocenters. The molecule has 1 heterocycles. The number of amides is 1. The second-order valence-corrected chi connectivity index (χ2v) is 8.03. The van der Waals surface area contributed by atoms with Gasteiger partial charge in [-0.3, -0.25) is 9.10 Å². The zero-order chi connectivity index (χ0) is 18.5. The Labute approximate surface area is 161 Å². The molecule has 0 spiro atoms. The van der Waals surface area contributed by atoms with Gasteiger partial charge >= 0.3 is 0 Å². The average Bonchev–Trinajstić information content (AvgIpc) is 2.87. The summed E-state index contributed by atoms with van der Waals surface area (Å²) in [4.78, 5) is 12.5. The van der Waals surface area contributed by atoms with Crippen LogP contribution in [0.4, 0.5) is 17.1 Å². The fourth-order valence-electron chi connectivity index (χ4n) is 2.89. The van der Waals surface area contributed by atoms with E-state index >= 15 is 0 Å². The van der Waals surface area contributed by atoms with Gasteiger partial charge in [0.2, 0.25) is 0 Å². The Kier molecular flexibility index (Phi) is 6.16. The summed E-state index contributed by atoms with van der Waals surface area (Å²) in [6.07, 6.45) is 3.15. The molecule has 2 aromatic carbocycles. The molecule has 0 radical (unpaired) electrons. The number of hydrogen-bond donors (Lipinski definition) is 2. The summed E-state index contributed by atoms with van der Waals surface area (Å²) in [5.41, 5.74) is 2.87. The molecule has 2 N–H and O–H groups in total. The molecule has 1 amide bonds. The van der Waals surface area contributed by atoms with Gasteiger partial charge in [0.15, 0.2) is 0 Å². The molecule has 7 heteroatoms. The van der Waals surface area contributed by atoms with E-state index in [0.29, 0.717) is 22.0 Å². The molecule has 0 aliphatic carbocycles. The molecule has 138 valence electrons. The summed E-state index contributed by atoms with van der Waals surface area (Å²) in [6.45, 7) is 0.787. The Bertz CT molecular complexity index is 811. The topological polar surface area (TPSA) is 61.4 Å². The molecular formula is C19H22ClN3O2S. The third-order valence-corrected chi connectivity index (χ3v) is 6.19. The zero-order valence-electron chi connectivity index (χ0n) is 14.6. The Hall–Kier alpha value is -2.05. The maximum atomic E-state index is 12.5. The van der Waals surface area contributed by atoms with Gasteiger partial charge in [-0.25, -0.2) is 4.21 Å². The Morgan fingerprint density at radius 2 is 1.88 bits per heavy atom. The van der Waals surface area contributed by atoms with Crippen LogP contribution in [0, 0.1) is 0 Å². The molecule has 0 aromatic heterocycles. The van der Waals surface area contributed by atoms with Crippen molar-refractivity contribution < 1.29 is 9.00 Å². The standard InChI is InChI=1S/C19H22ClN3O2S/c1-21-18-13-15(7-10-17(18)20)22-19(24)14-5-8-16(9-6-14)23-11-3-2-4-12-26(23)25/h5-10,13,21H,2-4,11-12H2,1H3,(H,22,24). The van der Waals surface area contributed by atoms with E-state index in [9.17, 15) is 9.00 Å². The first-order valence-electron chi connectivity index (χ1n) is 8.63. The van der Waals surface area contributed by atoms with Gasteiger partial charge in [-0.15, -0.1) is 0 Å². The van der Waals surface area contributed by atoms with Gasteiger partial charge in [-0.2, -0.15) is 0 Å². The number of anilines is 3. The summed E-state index contributed by atoms with van der Waals surface area (Å²) < 4.78 is 14.2. The van der Waals surface area contributed by atoms with E-state index in [-0.39, 0.29) is 5.91 Å². The van der Waals surface area contributed by atoms with Crippen molar-refractivity contribution in [1.29, 1.82) is 0 Å². The zero-order valence-corrected chi connectivity index (χ0v) is 16.2. The summed E-state index contributed by atoms with van der Waals surface area (Å²) in [7, 11) is 0.788. The first-order valence-corrected chi connectivity index (χ1v) is 10.3. The lowest BCUT2D eigenvalue weighted by atomic mass is 10.1. The predicted octanol–water partition coefficient (Wildman–Crippen LogP) is 4.29. The molecule has 26 heavy (non-hydrogen) atoms. The van der Waals surface area contributed by atoms with Gasteiger partial charge in [0.05, 0.1) is 10.7 Å². The van der Waals surface area contributed by atoms with Crippen molar-refractivity contribution in [3.63, 3.8) is 0 Å². The SMILES string of the molecule is CNc1cc(NC(=O)c2ccc(N3CCCCCS3=O)cc2)ccc1Cl. The van der Waals surface area contributed by atoms with Crippen LogP contribution in [0.15, 0.2) is 42.5 Å². The number of nitrogens with one attached hydrogen (secondary N) is 2. The lowest BCUT2D eigenvalue weighted by Crippen LogP contribution is -2.26. The predicted molar refractivity (Wildman–Crippen MR) is 110 cm³/mol. The molecule has 2 aromatic rings. The maximum absolute atomic E-state index is 12.5. The summed E-state index contributed by atoms with van der Waals surface area (Å²) in [5, 5.41) is 6.45. The lowest BCUT2D eigenvalue weighted by molar-refractivity contribution is 0.102. The lowest BCUT2D eigenvalue weighted by Gasteiger charge is -2.21. The van der Waals surface area contributed by atoms with E-state index in [0.717, 1.165) is 37.2 Å². The second-order valence-electron chi connectivity index (χ2n) is 6.13. The van der Waals surface area contributed by atoms with Gasteiger partial charge in [0.25, 0.3) is 5.91 Å². The molecule has 0 saturated carbocycles. The van der Waals surface area contributed by atoms with Crippen molar-refractivity contribution in [2.24, 2.45) is 0 Å². The summed E-state index contributed by atoms with van der Waals surface area (Å²) in [5.74, 6) is 0.505. The van der Waals surface area contributed by atoms with Crippen molar-refractivity contribution in [1.82, 2.24) is 0 Å². The molecule has 1 saturated heterocycles. The molecule has 3 rings (SSSR count). The Balaban J connectivity index is 1.71. The van der Waals surface area contributed by atoms with Crippen LogP contribution in [-0.2, 0) is 11.0 Å². The second kappa shape index (κ2) is 8.56. The van der Waals surface area contributed by atoms with Crippen LogP contribution >= 0.6 is 11.6 Å². The average molecular weight is 392 g/mol. The van der Waals surface area contributed by atoms with Crippen LogP contribution < -0.4 is 14.9 Å². The first kappa shape index (κ1) is 18.7. The molecule has 0 bridgehead atoms. The van der Waals surface area contributed by atoms with Crippen molar-refractivity contribution in [2.75, 3.05) is 34.3 Å². The minimum Gasteiger partial charge on any atom is -0.387 e. The van der Waals surface area contributed by atoms with Gasteiger partial charge in [-0.05, 0) is 55.3 Å². The van der Waals surface area contributed by atoms with E-state index in [4.69, 9.17) is 11.6 Å². The fraction of sp³-hybridized carbons (Fsp3) is 0.316. The maximum Gasteiger partial charge on any atom is 0.255 e. The molecular weight excluding hydrogens is 370 g/mol. The highest BCUT2D eigenvalue weighted by molar-refractivity contribution is 7.86. The number of nitrogens with zero attached hydrogens (tertiary/aromatic N) is 1. The molecule has 1 aliphatic rings. The molecule has 1 unspecified atom stereocenters. The molecule has 1 aliphatic heterocycles. The Morgan fingerprint density at radius 1 is 1.12 bits per heavy atom. The minimum atomic E-state index is -0.988. The third-order valence-electron chi connectivity index (χ3n) is 4.34. The van der Waals surface area contributed by atoms with Crippen LogP contribution in [0.1, 0.15) is 29.6 Å². The highest BCUT2D eigenvalue weighted by Crippen LogP contribution is 2.26. The van der Waals surface area contributed by atoms with Crippen LogP contribution in [0.5, 0.6) is 0 Å². The van der Waals surface area contributed by atoms with Crippen LogP contribution in [0.2, 0.25) is 5.02 Å².